The Labute approximate surface area is 133 Å². The zero-order chi connectivity index (χ0) is 15.7. The summed E-state index contributed by atoms with van der Waals surface area (Å²) in [5.41, 5.74) is 8.87. The van der Waals surface area contributed by atoms with E-state index in [9.17, 15) is 0 Å². The van der Waals surface area contributed by atoms with E-state index in [4.69, 9.17) is 5.73 Å². The van der Waals surface area contributed by atoms with E-state index in [0.29, 0.717) is 12.0 Å². The van der Waals surface area contributed by atoms with Crippen LogP contribution in [0.25, 0.3) is 0 Å². The highest BCUT2D eigenvalue weighted by Crippen LogP contribution is 2.38. The molecule has 22 heavy (non-hydrogen) atoms. The lowest BCUT2D eigenvalue weighted by molar-refractivity contribution is 0.335. The number of likely N-dealkylation sites (tertiary alicyclic amines) is 1. The molecule has 3 heterocycles. The van der Waals surface area contributed by atoms with E-state index in [1.165, 1.54) is 17.7 Å². The van der Waals surface area contributed by atoms with E-state index < -0.39 is 0 Å². The average molecular weight is 303 g/mol. The first-order chi connectivity index (χ1) is 10.6. The molecule has 0 bridgehead atoms. The van der Waals surface area contributed by atoms with Gasteiger partial charge in [-0.15, -0.1) is 0 Å². The summed E-state index contributed by atoms with van der Waals surface area (Å²) in [7, 11) is 0. The summed E-state index contributed by atoms with van der Waals surface area (Å²) in [5.74, 6) is 1.90. The first-order valence-electron chi connectivity index (χ1n) is 8.56. The molecule has 0 aromatic carbocycles. The second-order valence-electron chi connectivity index (χ2n) is 6.91. The quantitative estimate of drug-likeness (QED) is 0.718. The zero-order valence-electron chi connectivity index (χ0n) is 14.0. The third-order valence-corrected chi connectivity index (χ3v) is 5.00. The van der Waals surface area contributed by atoms with Crippen molar-refractivity contribution in [3.05, 3.63) is 23.2 Å². The minimum Gasteiger partial charge on any atom is -0.386 e. The van der Waals surface area contributed by atoms with Crippen LogP contribution in [0.2, 0.25) is 0 Å². The molecule has 1 fully saturated rings. The zero-order valence-corrected chi connectivity index (χ0v) is 14.0. The molecule has 0 aliphatic carbocycles. The largest absolute Gasteiger partial charge is 0.386 e. The maximum absolute atomic E-state index is 6.16. The summed E-state index contributed by atoms with van der Waals surface area (Å²) in [6.07, 6.45) is 6.48. The van der Waals surface area contributed by atoms with Crippen molar-refractivity contribution < 1.29 is 0 Å². The van der Waals surface area contributed by atoms with E-state index in [1.807, 2.05) is 6.21 Å². The second-order valence-corrected chi connectivity index (χ2v) is 6.91. The molecule has 0 aromatic rings. The SMILES string of the molecule is CCC1=C(N)NC2N=CC=C(N3CCC(CNC(C)C)C3)C12. The van der Waals surface area contributed by atoms with Crippen molar-refractivity contribution in [1.82, 2.24) is 15.5 Å². The predicted octanol–water partition coefficient (Wildman–Crippen LogP) is 1.40. The molecule has 3 aliphatic heterocycles. The Balaban J connectivity index is 1.69. The molecule has 0 radical (unpaired) electrons. The molecular formula is C17H29N5. The van der Waals surface area contributed by atoms with Crippen LogP contribution in [0.5, 0.6) is 0 Å². The van der Waals surface area contributed by atoms with Crippen molar-refractivity contribution in [3.8, 4) is 0 Å². The molecule has 3 rings (SSSR count). The van der Waals surface area contributed by atoms with Crippen molar-refractivity contribution in [3.63, 3.8) is 0 Å². The van der Waals surface area contributed by atoms with Crippen molar-refractivity contribution in [2.75, 3.05) is 19.6 Å². The average Bonchev–Trinajstić information content (AvgIpc) is 3.07. The summed E-state index contributed by atoms with van der Waals surface area (Å²) in [6.45, 7) is 10.00. The Morgan fingerprint density at radius 2 is 2.32 bits per heavy atom. The van der Waals surface area contributed by atoms with Crippen LogP contribution in [0.3, 0.4) is 0 Å². The van der Waals surface area contributed by atoms with Gasteiger partial charge in [0.05, 0.1) is 11.7 Å². The molecule has 5 nitrogen and oxygen atoms in total. The van der Waals surface area contributed by atoms with Crippen LogP contribution in [0.1, 0.15) is 33.6 Å². The lowest BCUT2D eigenvalue weighted by Gasteiger charge is -2.32. The predicted molar refractivity (Wildman–Crippen MR) is 91.3 cm³/mol. The first-order valence-corrected chi connectivity index (χ1v) is 8.56. The minimum absolute atomic E-state index is 0.0998. The Hall–Kier alpha value is -1.49. The smallest absolute Gasteiger partial charge is 0.131 e. The number of rotatable bonds is 5. The summed E-state index contributed by atoms with van der Waals surface area (Å²) < 4.78 is 0. The molecule has 0 amide bonds. The van der Waals surface area contributed by atoms with Gasteiger partial charge in [0.1, 0.15) is 6.17 Å². The van der Waals surface area contributed by atoms with Gasteiger partial charge in [0.2, 0.25) is 0 Å². The van der Waals surface area contributed by atoms with Crippen LogP contribution in [-0.2, 0) is 0 Å². The van der Waals surface area contributed by atoms with Crippen LogP contribution < -0.4 is 16.4 Å². The first kappa shape index (κ1) is 15.4. The minimum atomic E-state index is 0.0998. The molecule has 1 saturated heterocycles. The molecule has 0 saturated carbocycles. The number of hydrogen-bond acceptors (Lipinski definition) is 5. The molecule has 5 heteroatoms. The van der Waals surface area contributed by atoms with Gasteiger partial charge >= 0.3 is 0 Å². The maximum atomic E-state index is 6.16. The fraction of sp³-hybridized carbons (Fsp3) is 0.706. The van der Waals surface area contributed by atoms with Crippen molar-refractivity contribution in [2.45, 2.75) is 45.8 Å². The number of nitrogens with zero attached hydrogens (tertiary/aromatic N) is 2. The Kier molecular flexibility index (Phi) is 4.43. The summed E-state index contributed by atoms with van der Waals surface area (Å²) in [6, 6.07) is 0.563. The van der Waals surface area contributed by atoms with Crippen LogP contribution in [0, 0.1) is 11.8 Å². The van der Waals surface area contributed by atoms with Gasteiger partial charge in [-0.1, -0.05) is 20.8 Å². The topological polar surface area (TPSA) is 65.7 Å². The number of aliphatic imine (C=N–C) groups is 1. The van der Waals surface area contributed by atoms with Gasteiger partial charge < -0.3 is 21.3 Å². The van der Waals surface area contributed by atoms with Gasteiger partial charge in [-0.25, -0.2) is 0 Å². The number of fused-ring (bicyclic) bond motifs is 1. The number of allylic oxidation sites excluding steroid dienone is 1. The lowest BCUT2D eigenvalue weighted by Crippen LogP contribution is -2.37. The molecule has 0 aromatic heterocycles. The van der Waals surface area contributed by atoms with Gasteiger partial charge in [-0.3, -0.25) is 4.99 Å². The molecule has 122 valence electrons. The summed E-state index contributed by atoms with van der Waals surface area (Å²) in [5, 5.41) is 6.91. The molecule has 3 aliphatic rings. The van der Waals surface area contributed by atoms with Crippen LogP contribution in [0.4, 0.5) is 0 Å². The van der Waals surface area contributed by atoms with E-state index >= 15 is 0 Å². The third kappa shape index (κ3) is 2.86. The van der Waals surface area contributed by atoms with E-state index in [2.05, 4.69) is 47.4 Å². The fourth-order valence-corrected chi connectivity index (χ4v) is 3.82. The summed E-state index contributed by atoms with van der Waals surface area (Å²) in [4.78, 5) is 7.11. The number of nitrogens with one attached hydrogen (secondary N) is 2. The van der Waals surface area contributed by atoms with Crippen molar-refractivity contribution >= 4 is 6.21 Å². The van der Waals surface area contributed by atoms with E-state index in [0.717, 1.165) is 37.8 Å². The molecule has 3 atom stereocenters. The lowest BCUT2D eigenvalue weighted by atomic mass is 9.91. The number of hydrogen-bond donors (Lipinski definition) is 3. The molecular weight excluding hydrogens is 274 g/mol. The Morgan fingerprint density at radius 1 is 1.50 bits per heavy atom. The van der Waals surface area contributed by atoms with E-state index in [1.54, 1.807) is 0 Å². The Bertz CT molecular complexity index is 505. The van der Waals surface area contributed by atoms with Crippen LogP contribution >= 0.6 is 0 Å². The van der Waals surface area contributed by atoms with Crippen LogP contribution in [-0.4, -0.2) is 43.0 Å². The van der Waals surface area contributed by atoms with E-state index in [-0.39, 0.29) is 6.17 Å². The maximum Gasteiger partial charge on any atom is 0.131 e. The highest BCUT2D eigenvalue weighted by Gasteiger charge is 2.39. The number of dihydropyridines is 1. The van der Waals surface area contributed by atoms with Crippen molar-refractivity contribution in [2.24, 2.45) is 22.6 Å². The van der Waals surface area contributed by atoms with Crippen LogP contribution in [0.15, 0.2) is 28.2 Å². The fourth-order valence-electron chi connectivity index (χ4n) is 3.82. The molecule has 3 unspecified atom stereocenters. The highest BCUT2D eigenvalue weighted by atomic mass is 15.2. The third-order valence-electron chi connectivity index (χ3n) is 5.00. The molecule has 4 N–H and O–H groups in total. The second kappa shape index (κ2) is 6.32. The van der Waals surface area contributed by atoms with Gasteiger partial charge in [0, 0.05) is 31.0 Å². The monoisotopic (exact) mass is 303 g/mol. The summed E-state index contributed by atoms with van der Waals surface area (Å²) >= 11 is 0. The van der Waals surface area contributed by atoms with Crippen molar-refractivity contribution in [1.29, 1.82) is 0 Å². The van der Waals surface area contributed by atoms with Gasteiger partial charge in [-0.2, -0.15) is 0 Å². The normalized spacial score (nSPS) is 30.8. The highest BCUT2D eigenvalue weighted by molar-refractivity contribution is 5.74. The van der Waals surface area contributed by atoms with Gasteiger partial charge in [0.15, 0.2) is 0 Å². The van der Waals surface area contributed by atoms with Gasteiger partial charge in [0.25, 0.3) is 0 Å². The van der Waals surface area contributed by atoms with Gasteiger partial charge in [-0.05, 0) is 37.0 Å². The molecule has 0 spiro atoms. The standard InChI is InChI=1S/C17H29N5/c1-4-13-15-14(5-7-19-17(15)21-16(13)18)22-8-6-12(10-22)9-20-11(2)3/h5,7,11-12,15,17,20-21H,4,6,8-10,18H2,1-3H3. The number of nitrogens with two attached hydrogens (primary N) is 1. The Morgan fingerprint density at radius 3 is 3.05 bits per heavy atom.